The Kier molecular flexibility index (Phi) is 4.53. The number of methoxy groups -OCH3 is 1. The summed E-state index contributed by atoms with van der Waals surface area (Å²) in [4.78, 5) is 0. The van der Waals surface area contributed by atoms with E-state index in [2.05, 4.69) is 5.32 Å². The molecule has 1 atom stereocenters. The first kappa shape index (κ1) is 15.4. The fourth-order valence-electron chi connectivity index (χ4n) is 2.24. The first-order valence-electron chi connectivity index (χ1n) is 6.44. The molecule has 0 heterocycles. The average Bonchev–Trinajstić information content (AvgIpc) is 2.49. The molecular weight excluding hydrogens is 279 g/mol. The smallest absolute Gasteiger partial charge is 0.165 e. The number of halogens is 3. The second-order valence-corrected chi connectivity index (χ2v) is 4.72. The lowest BCUT2D eigenvalue weighted by molar-refractivity contribution is 0.385. The van der Waals surface area contributed by atoms with Gasteiger partial charge in [0.05, 0.1) is 13.2 Å². The van der Waals surface area contributed by atoms with Crippen LogP contribution in [0.15, 0.2) is 30.3 Å². The van der Waals surface area contributed by atoms with Crippen molar-refractivity contribution >= 4 is 0 Å². The van der Waals surface area contributed by atoms with Crippen molar-refractivity contribution in [2.75, 3.05) is 14.2 Å². The van der Waals surface area contributed by atoms with Crippen LogP contribution in [0.1, 0.15) is 22.7 Å². The van der Waals surface area contributed by atoms with Gasteiger partial charge in [-0.2, -0.15) is 0 Å². The minimum atomic E-state index is -0.905. The minimum absolute atomic E-state index is 0.0562. The molecule has 0 spiro atoms. The molecule has 2 nitrogen and oxygen atoms in total. The summed E-state index contributed by atoms with van der Waals surface area (Å²) in [6, 6.07) is 6.64. The molecule has 1 N–H and O–H groups in total. The maximum atomic E-state index is 14.1. The summed E-state index contributed by atoms with van der Waals surface area (Å²) in [5, 5.41) is 2.91. The number of nitrogens with one attached hydrogen (secondary N) is 1. The molecule has 0 aromatic heterocycles. The van der Waals surface area contributed by atoms with Gasteiger partial charge in [-0.15, -0.1) is 0 Å². The number of ether oxygens (including phenoxy) is 1. The Morgan fingerprint density at radius 3 is 2.38 bits per heavy atom. The van der Waals surface area contributed by atoms with E-state index in [0.717, 1.165) is 0 Å². The Balaban J connectivity index is 2.52. The average molecular weight is 295 g/mol. The van der Waals surface area contributed by atoms with E-state index in [0.29, 0.717) is 5.56 Å². The SMILES string of the molecule is CNC(c1ccc(F)c(OC)c1)c1ccc(C)c(F)c1F. The molecule has 2 aromatic rings. The van der Waals surface area contributed by atoms with E-state index in [-0.39, 0.29) is 16.9 Å². The Morgan fingerprint density at radius 1 is 1.05 bits per heavy atom. The molecule has 0 fully saturated rings. The summed E-state index contributed by atoms with van der Waals surface area (Å²) < 4.78 is 46.2. The van der Waals surface area contributed by atoms with Gasteiger partial charge in [0, 0.05) is 5.56 Å². The highest BCUT2D eigenvalue weighted by Crippen LogP contribution is 2.29. The Hall–Kier alpha value is -2.01. The van der Waals surface area contributed by atoms with E-state index < -0.39 is 23.5 Å². The van der Waals surface area contributed by atoms with Crippen LogP contribution in [0.5, 0.6) is 5.75 Å². The quantitative estimate of drug-likeness (QED) is 0.928. The van der Waals surface area contributed by atoms with Crippen LogP contribution in [0.4, 0.5) is 13.2 Å². The molecule has 0 amide bonds. The van der Waals surface area contributed by atoms with Crippen LogP contribution in [0, 0.1) is 24.4 Å². The maximum Gasteiger partial charge on any atom is 0.165 e. The largest absolute Gasteiger partial charge is 0.494 e. The summed E-state index contributed by atoms with van der Waals surface area (Å²) in [7, 11) is 2.97. The number of aryl methyl sites for hydroxylation is 1. The Labute approximate surface area is 121 Å². The van der Waals surface area contributed by atoms with Gasteiger partial charge < -0.3 is 10.1 Å². The summed E-state index contributed by atoms with van der Waals surface area (Å²) in [5.74, 6) is -2.23. The molecule has 2 rings (SSSR count). The van der Waals surface area contributed by atoms with Gasteiger partial charge in [0.15, 0.2) is 23.2 Å². The summed E-state index contributed by atoms with van der Waals surface area (Å²) >= 11 is 0. The summed E-state index contributed by atoms with van der Waals surface area (Å²) in [6.07, 6.45) is 0. The summed E-state index contributed by atoms with van der Waals surface area (Å²) in [5.41, 5.74) is 0.981. The van der Waals surface area contributed by atoms with Crippen LogP contribution in [0.3, 0.4) is 0 Å². The van der Waals surface area contributed by atoms with Crippen molar-refractivity contribution in [3.05, 3.63) is 64.5 Å². The number of rotatable bonds is 4. The van der Waals surface area contributed by atoms with Gasteiger partial charge in [-0.05, 0) is 37.2 Å². The standard InChI is InChI=1S/C16H16F3NO/c1-9-4-6-11(15(19)14(9)18)16(20-2)10-5-7-12(17)13(8-10)21-3/h4-8,16,20H,1-3H3. The number of hydrogen-bond donors (Lipinski definition) is 1. The Morgan fingerprint density at radius 2 is 1.76 bits per heavy atom. The zero-order valence-electron chi connectivity index (χ0n) is 12.0. The van der Waals surface area contributed by atoms with Crippen molar-refractivity contribution in [2.45, 2.75) is 13.0 Å². The molecule has 21 heavy (non-hydrogen) atoms. The van der Waals surface area contributed by atoms with Gasteiger partial charge in [-0.25, -0.2) is 13.2 Å². The number of benzene rings is 2. The van der Waals surface area contributed by atoms with E-state index in [9.17, 15) is 13.2 Å². The maximum absolute atomic E-state index is 14.1. The molecule has 0 bridgehead atoms. The van der Waals surface area contributed by atoms with Crippen molar-refractivity contribution in [3.63, 3.8) is 0 Å². The first-order valence-corrected chi connectivity index (χ1v) is 6.44. The van der Waals surface area contributed by atoms with Crippen molar-refractivity contribution < 1.29 is 17.9 Å². The Bertz CT molecular complexity index is 658. The third kappa shape index (κ3) is 2.88. The van der Waals surface area contributed by atoms with Gasteiger partial charge >= 0.3 is 0 Å². The summed E-state index contributed by atoms with van der Waals surface area (Å²) in [6.45, 7) is 1.50. The van der Waals surface area contributed by atoms with Crippen LogP contribution in [-0.2, 0) is 0 Å². The molecular formula is C16H16F3NO. The highest BCUT2D eigenvalue weighted by Gasteiger charge is 2.21. The van der Waals surface area contributed by atoms with Crippen molar-refractivity contribution in [1.82, 2.24) is 5.32 Å². The third-order valence-corrected chi connectivity index (χ3v) is 3.41. The molecule has 0 saturated heterocycles. The van der Waals surface area contributed by atoms with Crippen LogP contribution in [-0.4, -0.2) is 14.2 Å². The molecule has 0 aliphatic heterocycles. The monoisotopic (exact) mass is 295 g/mol. The zero-order valence-corrected chi connectivity index (χ0v) is 12.0. The van der Waals surface area contributed by atoms with E-state index >= 15 is 0 Å². The third-order valence-electron chi connectivity index (χ3n) is 3.41. The van der Waals surface area contributed by atoms with Gasteiger partial charge in [0.25, 0.3) is 0 Å². The fraction of sp³-hybridized carbons (Fsp3) is 0.250. The molecule has 0 saturated carbocycles. The van der Waals surface area contributed by atoms with Crippen molar-refractivity contribution in [3.8, 4) is 5.75 Å². The van der Waals surface area contributed by atoms with Gasteiger partial charge in [-0.3, -0.25) is 0 Å². The predicted molar refractivity (Wildman–Crippen MR) is 74.9 cm³/mol. The lowest BCUT2D eigenvalue weighted by atomic mass is 9.96. The molecule has 112 valence electrons. The van der Waals surface area contributed by atoms with E-state index in [4.69, 9.17) is 4.74 Å². The predicted octanol–water partition coefficient (Wildman–Crippen LogP) is 3.73. The van der Waals surface area contributed by atoms with Gasteiger partial charge in [-0.1, -0.05) is 18.2 Å². The molecule has 0 aliphatic carbocycles. The zero-order chi connectivity index (χ0) is 15.6. The van der Waals surface area contributed by atoms with Crippen molar-refractivity contribution in [1.29, 1.82) is 0 Å². The topological polar surface area (TPSA) is 21.3 Å². The van der Waals surface area contributed by atoms with E-state index in [1.807, 2.05) is 0 Å². The van der Waals surface area contributed by atoms with Gasteiger partial charge in [0.1, 0.15) is 0 Å². The van der Waals surface area contributed by atoms with Gasteiger partial charge in [0.2, 0.25) is 0 Å². The second kappa shape index (κ2) is 6.18. The minimum Gasteiger partial charge on any atom is -0.494 e. The number of hydrogen-bond acceptors (Lipinski definition) is 2. The lowest BCUT2D eigenvalue weighted by Crippen LogP contribution is -2.20. The molecule has 0 aliphatic rings. The van der Waals surface area contributed by atoms with E-state index in [1.54, 1.807) is 7.05 Å². The molecule has 0 radical (unpaired) electrons. The van der Waals surface area contributed by atoms with Crippen molar-refractivity contribution in [2.24, 2.45) is 0 Å². The highest BCUT2D eigenvalue weighted by atomic mass is 19.2. The van der Waals surface area contributed by atoms with Crippen LogP contribution in [0.25, 0.3) is 0 Å². The van der Waals surface area contributed by atoms with Crippen LogP contribution < -0.4 is 10.1 Å². The lowest BCUT2D eigenvalue weighted by Gasteiger charge is -2.19. The second-order valence-electron chi connectivity index (χ2n) is 4.72. The first-order chi connectivity index (χ1) is 9.99. The van der Waals surface area contributed by atoms with E-state index in [1.165, 1.54) is 44.4 Å². The fourth-order valence-corrected chi connectivity index (χ4v) is 2.24. The molecule has 2 aromatic carbocycles. The normalized spacial score (nSPS) is 12.3. The van der Waals surface area contributed by atoms with Crippen LogP contribution in [0.2, 0.25) is 0 Å². The van der Waals surface area contributed by atoms with Crippen LogP contribution >= 0.6 is 0 Å². The molecule has 1 unspecified atom stereocenters. The highest BCUT2D eigenvalue weighted by molar-refractivity contribution is 5.39. The molecule has 5 heteroatoms.